The van der Waals surface area contributed by atoms with Gasteiger partial charge in [0, 0.05) is 25.6 Å². The Hall–Kier alpha value is -0.450. The Kier molecular flexibility index (Phi) is 6.82. The second-order valence-corrected chi connectivity index (χ2v) is 5.97. The highest BCUT2D eigenvalue weighted by atomic mass is 32.1. The summed E-state index contributed by atoms with van der Waals surface area (Å²) < 4.78 is 5.07. The molecule has 0 aliphatic heterocycles. The van der Waals surface area contributed by atoms with Gasteiger partial charge in [0.1, 0.15) is 0 Å². The zero-order valence-electron chi connectivity index (χ0n) is 12.1. The zero-order chi connectivity index (χ0) is 13.4. The summed E-state index contributed by atoms with van der Waals surface area (Å²) in [6.45, 7) is 9.37. The lowest BCUT2D eigenvalue weighted by Gasteiger charge is -2.31. The Morgan fingerprint density at radius 2 is 2.11 bits per heavy atom. The number of aromatic nitrogens is 1. The topological polar surface area (TPSA) is 34.1 Å². The molecule has 0 bridgehead atoms. The van der Waals surface area contributed by atoms with Crippen molar-refractivity contribution in [2.45, 2.75) is 40.0 Å². The van der Waals surface area contributed by atoms with E-state index in [1.807, 2.05) is 0 Å². The number of aryl methyl sites for hydroxylation is 1. The molecule has 4 heteroatoms. The molecule has 0 radical (unpaired) electrons. The van der Waals surface area contributed by atoms with Crippen molar-refractivity contribution in [1.82, 2.24) is 10.3 Å². The van der Waals surface area contributed by atoms with Crippen LogP contribution in [0.5, 0.6) is 0 Å². The normalized spacial score (nSPS) is 12.0. The molecular formula is C14H26N2OS. The van der Waals surface area contributed by atoms with E-state index >= 15 is 0 Å². The maximum absolute atomic E-state index is 5.07. The first-order valence-corrected chi connectivity index (χ1v) is 7.64. The number of hydrogen-bond donors (Lipinski definition) is 1. The molecule has 1 N–H and O–H groups in total. The highest BCUT2D eigenvalue weighted by molar-refractivity contribution is 7.09. The number of nitrogens with one attached hydrogen (secondary N) is 1. The lowest BCUT2D eigenvalue weighted by atomic mass is 9.78. The summed E-state index contributed by atoms with van der Waals surface area (Å²) in [5, 5.41) is 6.87. The molecule has 104 valence electrons. The van der Waals surface area contributed by atoms with Crippen molar-refractivity contribution in [2.24, 2.45) is 5.41 Å². The standard InChI is InChI=1S/C14H26N2OS/c1-5-14(6-2,11-15-7-8-17-4)9-13-10-18-12(3)16-13/h10,15H,5-9,11H2,1-4H3. The van der Waals surface area contributed by atoms with Crippen molar-refractivity contribution in [2.75, 3.05) is 26.8 Å². The second-order valence-electron chi connectivity index (χ2n) is 4.91. The fourth-order valence-corrected chi connectivity index (χ4v) is 2.83. The summed E-state index contributed by atoms with van der Waals surface area (Å²) in [7, 11) is 1.74. The minimum Gasteiger partial charge on any atom is -0.383 e. The van der Waals surface area contributed by atoms with Gasteiger partial charge in [-0.15, -0.1) is 11.3 Å². The summed E-state index contributed by atoms with van der Waals surface area (Å²) in [4.78, 5) is 4.60. The highest BCUT2D eigenvalue weighted by Gasteiger charge is 2.27. The molecule has 0 amide bonds. The average molecular weight is 270 g/mol. The van der Waals surface area contributed by atoms with Crippen LogP contribution in [0.25, 0.3) is 0 Å². The Labute approximate surface area is 115 Å². The summed E-state index contributed by atoms with van der Waals surface area (Å²) in [5.74, 6) is 0. The van der Waals surface area contributed by atoms with Gasteiger partial charge in [-0.1, -0.05) is 13.8 Å². The van der Waals surface area contributed by atoms with Gasteiger partial charge >= 0.3 is 0 Å². The molecule has 0 saturated carbocycles. The molecule has 1 aromatic rings. The third-order valence-corrected chi connectivity index (χ3v) is 4.53. The van der Waals surface area contributed by atoms with Crippen molar-refractivity contribution in [3.05, 3.63) is 16.1 Å². The van der Waals surface area contributed by atoms with E-state index in [1.54, 1.807) is 18.4 Å². The Balaban J connectivity index is 2.55. The zero-order valence-corrected chi connectivity index (χ0v) is 12.9. The molecule has 0 aromatic carbocycles. The van der Waals surface area contributed by atoms with Crippen LogP contribution in [-0.4, -0.2) is 31.8 Å². The SMILES string of the molecule is CCC(CC)(CNCCOC)Cc1csc(C)n1. The van der Waals surface area contributed by atoms with Crippen molar-refractivity contribution < 1.29 is 4.74 Å². The van der Waals surface area contributed by atoms with Crippen LogP contribution in [0, 0.1) is 12.3 Å². The third-order valence-electron chi connectivity index (χ3n) is 3.71. The first-order valence-electron chi connectivity index (χ1n) is 6.76. The predicted octanol–water partition coefficient (Wildman–Crippen LogP) is 3.04. The second kappa shape index (κ2) is 7.87. The van der Waals surface area contributed by atoms with Crippen LogP contribution in [0.15, 0.2) is 5.38 Å². The molecule has 1 aromatic heterocycles. The van der Waals surface area contributed by atoms with Crippen LogP contribution in [0.2, 0.25) is 0 Å². The quantitative estimate of drug-likeness (QED) is 0.700. The van der Waals surface area contributed by atoms with Gasteiger partial charge in [-0.2, -0.15) is 0 Å². The molecule has 3 nitrogen and oxygen atoms in total. The van der Waals surface area contributed by atoms with E-state index in [1.165, 1.54) is 23.5 Å². The Bertz CT molecular complexity index is 334. The van der Waals surface area contributed by atoms with E-state index in [9.17, 15) is 0 Å². The van der Waals surface area contributed by atoms with Gasteiger partial charge in [0.15, 0.2) is 0 Å². The summed E-state index contributed by atoms with van der Waals surface area (Å²) in [6.07, 6.45) is 3.43. The monoisotopic (exact) mass is 270 g/mol. The van der Waals surface area contributed by atoms with E-state index in [0.29, 0.717) is 5.41 Å². The lowest BCUT2D eigenvalue weighted by Crippen LogP contribution is -2.36. The smallest absolute Gasteiger partial charge is 0.0897 e. The van der Waals surface area contributed by atoms with Gasteiger partial charge in [0.25, 0.3) is 0 Å². The molecule has 0 atom stereocenters. The van der Waals surface area contributed by atoms with E-state index in [2.05, 4.69) is 36.5 Å². The molecule has 0 fully saturated rings. The van der Waals surface area contributed by atoms with Crippen molar-refractivity contribution in [1.29, 1.82) is 0 Å². The Morgan fingerprint density at radius 1 is 1.39 bits per heavy atom. The lowest BCUT2D eigenvalue weighted by molar-refractivity contribution is 0.185. The van der Waals surface area contributed by atoms with Gasteiger partial charge in [-0.25, -0.2) is 4.98 Å². The van der Waals surface area contributed by atoms with Crippen LogP contribution in [-0.2, 0) is 11.2 Å². The minimum atomic E-state index is 0.328. The molecule has 0 aliphatic carbocycles. The molecule has 0 aliphatic rings. The third kappa shape index (κ3) is 4.67. The largest absolute Gasteiger partial charge is 0.383 e. The number of methoxy groups -OCH3 is 1. The maximum Gasteiger partial charge on any atom is 0.0897 e. The highest BCUT2D eigenvalue weighted by Crippen LogP contribution is 2.30. The molecule has 0 saturated heterocycles. The van der Waals surface area contributed by atoms with Gasteiger partial charge in [0.05, 0.1) is 17.3 Å². The number of nitrogens with zero attached hydrogens (tertiary/aromatic N) is 1. The number of thiazole rings is 1. The molecular weight excluding hydrogens is 244 g/mol. The van der Waals surface area contributed by atoms with Gasteiger partial charge in [-0.3, -0.25) is 0 Å². The van der Waals surface area contributed by atoms with Crippen molar-refractivity contribution in [3.8, 4) is 0 Å². The molecule has 18 heavy (non-hydrogen) atoms. The number of hydrogen-bond acceptors (Lipinski definition) is 4. The van der Waals surface area contributed by atoms with E-state index < -0.39 is 0 Å². The van der Waals surface area contributed by atoms with Gasteiger partial charge < -0.3 is 10.1 Å². The van der Waals surface area contributed by atoms with E-state index in [4.69, 9.17) is 4.74 Å². The minimum absolute atomic E-state index is 0.328. The maximum atomic E-state index is 5.07. The van der Waals surface area contributed by atoms with Crippen LogP contribution in [0.4, 0.5) is 0 Å². The summed E-state index contributed by atoms with van der Waals surface area (Å²) in [6, 6.07) is 0. The van der Waals surface area contributed by atoms with Gasteiger partial charge in [0.2, 0.25) is 0 Å². The van der Waals surface area contributed by atoms with E-state index in [0.717, 1.165) is 26.1 Å². The fourth-order valence-electron chi connectivity index (χ4n) is 2.21. The number of rotatable bonds is 9. The van der Waals surface area contributed by atoms with Crippen molar-refractivity contribution in [3.63, 3.8) is 0 Å². The summed E-state index contributed by atoms with van der Waals surface area (Å²) >= 11 is 1.75. The molecule has 1 rings (SSSR count). The molecule has 0 spiro atoms. The summed E-state index contributed by atoms with van der Waals surface area (Å²) in [5.41, 5.74) is 1.57. The first-order chi connectivity index (χ1) is 8.65. The van der Waals surface area contributed by atoms with E-state index in [-0.39, 0.29) is 0 Å². The fraction of sp³-hybridized carbons (Fsp3) is 0.786. The first kappa shape index (κ1) is 15.6. The van der Waals surface area contributed by atoms with Crippen LogP contribution >= 0.6 is 11.3 Å². The van der Waals surface area contributed by atoms with Crippen LogP contribution < -0.4 is 5.32 Å². The average Bonchev–Trinajstić information content (AvgIpc) is 2.78. The molecule has 1 heterocycles. The Morgan fingerprint density at radius 3 is 2.61 bits per heavy atom. The molecule has 0 unspecified atom stereocenters. The number of ether oxygens (including phenoxy) is 1. The van der Waals surface area contributed by atoms with Crippen molar-refractivity contribution >= 4 is 11.3 Å². The van der Waals surface area contributed by atoms with Crippen LogP contribution in [0.3, 0.4) is 0 Å². The van der Waals surface area contributed by atoms with Crippen LogP contribution in [0.1, 0.15) is 37.4 Å². The van der Waals surface area contributed by atoms with Gasteiger partial charge in [-0.05, 0) is 31.6 Å². The predicted molar refractivity (Wildman–Crippen MR) is 78.3 cm³/mol.